The summed E-state index contributed by atoms with van der Waals surface area (Å²) in [5.74, 6) is 0.0288. The summed E-state index contributed by atoms with van der Waals surface area (Å²) in [5.41, 5.74) is 0.256. The van der Waals surface area contributed by atoms with E-state index in [2.05, 4.69) is 12.6 Å². The molecule has 0 radical (unpaired) electrons. The summed E-state index contributed by atoms with van der Waals surface area (Å²) < 4.78 is 0. The lowest BCUT2D eigenvalue weighted by Crippen LogP contribution is -2.01. The van der Waals surface area contributed by atoms with Crippen molar-refractivity contribution >= 4 is 30.0 Å². The van der Waals surface area contributed by atoms with E-state index in [4.69, 9.17) is 11.6 Å². The summed E-state index contributed by atoms with van der Waals surface area (Å²) in [6.45, 7) is 0. The van der Waals surface area contributed by atoms with E-state index in [-0.39, 0.29) is 29.4 Å². The average molecular weight is 217 g/mol. The Kier molecular flexibility index (Phi) is 3.63. The van der Waals surface area contributed by atoms with Gasteiger partial charge in [0, 0.05) is 17.2 Å². The number of hydrogen-bond acceptors (Lipinski definition) is 3. The number of carbonyl (C=O) groups is 1. The first-order chi connectivity index (χ1) is 6.16. The van der Waals surface area contributed by atoms with Crippen LogP contribution in [-0.4, -0.2) is 16.8 Å². The molecule has 0 bridgehead atoms. The predicted octanol–water partition coefficient (Wildman–Crippen LogP) is 2.49. The number of ketones is 1. The number of hydrogen-bond donors (Lipinski definition) is 2. The number of phenolic OH excluding ortho intramolecular Hbond substituents is 1. The number of alkyl halides is 1. The third-order valence-electron chi connectivity index (χ3n) is 1.62. The molecule has 1 aromatic carbocycles. The molecule has 13 heavy (non-hydrogen) atoms. The van der Waals surface area contributed by atoms with E-state index in [1.807, 2.05) is 0 Å². The number of aromatic hydroxyl groups is 1. The van der Waals surface area contributed by atoms with Gasteiger partial charge in [-0.25, -0.2) is 0 Å². The van der Waals surface area contributed by atoms with Gasteiger partial charge in [0.25, 0.3) is 0 Å². The second kappa shape index (κ2) is 4.53. The van der Waals surface area contributed by atoms with Crippen LogP contribution in [0.3, 0.4) is 0 Å². The van der Waals surface area contributed by atoms with Crippen LogP contribution in [0.1, 0.15) is 16.8 Å². The normalized spacial score (nSPS) is 10.0. The largest absolute Gasteiger partial charge is 0.507 e. The molecular formula is C9H9ClO2S. The first-order valence-electron chi connectivity index (χ1n) is 3.77. The van der Waals surface area contributed by atoms with E-state index >= 15 is 0 Å². The van der Waals surface area contributed by atoms with Crippen molar-refractivity contribution in [3.63, 3.8) is 0 Å². The van der Waals surface area contributed by atoms with Crippen LogP contribution in [0.4, 0.5) is 0 Å². The minimum atomic E-state index is -0.182. The van der Waals surface area contributed by atoms with Crippen molar-refractivity contribution < 1.29 is 9.90 Å². The molecule has 0 amide bonds. The second-order valence-electron chi connectivity index (χ2n) is 2.53. The summed E-state index contributed by atoms with van der Waals surface area (Å²) in [6, 6.07) is 4.75. The van der Waals surface area contributed by atoms with Crippen LogP contribution in [0.25, 0.3) is 0 Å². The molecule has 0 saturated heterocycles. The summed E-state index contributed by atoms with van der Waals surface area (Å²) >= 11 is 9.50. The van der Waals surface area contributed by atoms with Gasteiger partial charge in [0.15, 0.2) is 5.78 Å². The van der Waals surface area contributed by atoms with Gasteiger partial charge >= 0.3 is 0 Å². The molecule has 0 saturated carbocycles. The number of benzene rings is 1. The fourth-order valence-electron chi connectivity index (χ4n) is 1.02. The molecular weight excluding hydrogens is 208 g/mol. The average Bonchev–Trinajstić information content (AvgIpc) is 2.04. The second-order valence-corrected chi connectivity index (χ2v) is 3.39. The van der Waals surface area contributed by atoms with Gasteiger partial charge in [0.1, 0.15) is 5.75 Å². The summed E-state index contributed by atoms with van der Waals surface area (Å²) in [7, 11) is 0. The molecule has 4 heteroatoms. The quantitative estimate of drug-likeness (QED) is 0.463. The molecule has 0 unspecified atom stereocenters. The number of phenols is 1. The highest BCUT2D eigenvalue weighted by Crippen LogP contribution is 2.25. The molecule has 0 atom stereocenters. The highest BCUT2D eigenvalue weighted by atomic mass is 35.5. The fraction of sp³-hybridized carbons (Fsp3) is 0.222. The molecule has 0 aliphatic heterocycles. The molecule has 0 aliphatic carbocycles. The lowest BCUT2D eigenvalue weighted by molar-refractivity contribution is 0.0984. The highest BCUT2D eigenvalue weighted by molar-refractivity contribution is 7.80. The number of carbonyl (C=O) groups excluding carboxylic acids is 1. The summed E-state index contributed by atoms with van der Waals surface area (Å²) in [5, 5.41) is 9.38. The maximum absolute atomic E-state index is 11.4. The Hall–Kier alpha value is -0.670. The van der Waals surface area contributed by atoms with Gasteiger partial charge in [-0.1, -0.05) is 6.07 Å². The monoisotopic (exact) mass is 216 g/mol. The van der Waals surface area contributed by atoms with Crippen LogP contribution >= 0.6 is 24.2 Å². The molecule has 0 heterocycles. The minimum absolute atomic E-state index is 0.0392. The Morgan fingerprint density at radius 2 is 2.23 bits per heavy atom. The van der Waals surface area contributed by atoms with Crippen LogP contribution in [0.5, 0.6) is 5.75 Å². The van der Waals surface area contributed by atoms with Crippen LogP contribution in [-0.2, 0) is 0 Å². The molecule has 2 nitrogen and oxygen atoms in total. The zero-order valence-corrected chi connectivity index (χ0v) is 8.48. The van der Waals surface area contributed by atoms with Crippen LogP contribution in [0.15, 0.2) is 23.1 Å². The topological polar surface area (TPSA) is 37.3 Å². The van der Waals surface area contributed by atoms with Gasteiger partial charge in [0.2, 0.25) is 0 Å². The van der Waals surface area contributed by atoms with Gasteiger partial charge in [-0.15, -0.1) is 24.2 Å². The van der Waals surface area contributed by atoms with Crippen molar-refractivity contribution in [2.24, 2.45) is 0 Å². The Labute approximate surface area is 86.9 Å². The molecule has 1 N–H and O–H groups in total. The van der Waals surface area contributed by atoms with Crippen molar-refractivity contribution in [2.75, 3.05) is 5.88 Å². The van der Waals surface area contributed by atoms with E-state index in [9.17, 15) is 9.90 Å². The van der Waals surface area contributed by atoms with E-state index in [0.717, 1.165) is 0 Å². The highest BCUT2D eigenvalue weighted by Gasteiger charge is 2.13. The van der Waals surface area contributed by atoms with E-state index in [0.29, 0.717) is 4.90 Å². The molecule has 0 aromatic heterocycles. The molecule has 0 fully saturated rings. The first-order valence-corrected chi connectivity index (χ1v) is 4.75. The summed E-state index contributed by atoms with van der Waals surface area (Å²) in [4.78, 5) is 11.9. The molecule has 1 aromatic rings. The minimum Gasteiger partial charge on any atom is -0.507 e. The van der Waals surface area contributed by atoms with Gasteiger partial charge in [-0.05, 0) is 12.1 Å². The molecule has 1 rings (SSSR count). The Morgan fingerprint density at radius 1 is 1.54 bits per heavy atom. The van der Waals surface area contributed by atoms with Crippen molar-refractivity contribution in [1.82, 2.24) is 0 Å². The van der Waals surface area contributed by atoms with Gasteiger partial charge in [-0.3, -0.25) is 4.79 Å². The van der Waals surface area contributed by atoms with Crippen molar-refractivity contribution in [1.29, 1.82) is 0 Å². The molecule has 70 valence electrons. The van der Waals surface area contributed by atoms with Gasteiger partial charge in [-0.2, -0.15) is 0 Å². The van der Waals surface area contributed by atoms with E-state index in [1.165, 1.54) is 6.07 Å². The molecule has 0 spiro atoms. The number of Topliss-reactive ketones (excluding diaryl/α,β-unsaturated/α-hetero) is 1. The van der Waals surface area contributed by atoms with Gasteiger partial charge < -0.3 is 5.11 Å². The summed E-state index contributed by atoms with van der Waals surface area (Å²) in [6.07, 6.45) is 0.215. The Bertz CT molecular complexity index is 305. The van der Waals surface area contributed by atoms with Crippen LogP contribution < -0.4 is 0 Å². The van der Waals surface area contributed by atoms with Crippen LogP contribution in [0.2, 0.25) is 0 Å². The third-order valence-corrected chi connectivity index (χ3v) is 2.18. The van der Waals surface area contributed by atoms with Crippen molar-refractivity contribution in [3.8, 4) is 5.75 Å². The molecule has 0 aliphatic rings. The fourth-order valence-corrected chi connectivity index (χ4v) is 1.52. The first kappa shape index (κ1) is 10.4. The SMILES string of the molecule is O=C(CCCl)c1c(O)cccc1S. The maximum atomic E-state index is 11.4. The number of rotatable bonds is 3. The Morgan fingerprint density at radius 3 is 2.77 bits per heavy atom. The standard InChI is InChI=1S/C9H9ClO2S/c10-5-4-7(12)9-6(11)2-1-3-8(9)13/h1-3,11,13H,4-5H2. The van der Waals surface area contributed by atoms with E-state index < -0.39 is 0 Å². The third kappa shape index (κ3) is 2.39. The lowest BCUT2D eigenvalue weighted by atomic mass is 10.1. The predicted molar refractivity (Wildman–Crippen MR) is 55.0 cm³/mol. The van der Waals surface area contributed by atoms with E-state index in [1.54, 1.807) is 12.1 Å². The zero-order valence-electron chi connectivity index (χ0n) is 6.83. The lowest BCUT2D eigenvalue weighted by Gasteiger charge is -2.04. The van der Waals surface area contributed by atoms with Crippen molar-refractivity contribution in [2.45, 2.75) is 11.3 Å². The Balaban J connectivity index is 3.05. The number of halogens is 1. The maximum Gasteiger partial charge on any atom is 0.168 e. The number of thiol groups is 1. The van der Waals surface area contributed by atoms with Crippen molar-refractivity contribution in [3.05, 3.63) is 23.8 Å². The zero-order chi connectivity index (χ0) is 9.84. The van der Waals surface area contributed by atoms with Gasteiger partial charge in [0.05, 0.1) is 5.56 Å². The smallest absolute Gasteiger partial charge is 0.168 e. The van der Waals surface area contributed by atoms with Crippen LogP contribution in [0, 0.1) is 0 Å².